The van der Waals surface area contributed by atoms with Gasteiger partial charge in [0.1, 0.15) is 0 Å². The molecule has 2 aromatic rings. The molecule has 1 atom stereocenters. The van der Waals surface area contributed by atoms with Crippen molar-refractivity contribution >= 4 is 15.9 Å². The van der Waals surface area contributed by atoms with Crippen molar-refractivity contribution in [3.05, 3.63) is 71.8 Å². The maximum absolute atomic E-state index is 12.8. The molecule has 1 heterocycles. The number of nitrogens with one attached hydrogen (secondary N) is 1. The number of piperidine rings is 1. The molecule has 1 N–H and O–H groups in total. The fourth-order valence-corrected chi connectivity index (χ4v) is 5.63. The maximum atomic E-state index is 12.8. The summed E-state index contributed by atoms with van der Waals surface area (Å²) in [5, 5.41) is 3.22. The highest BCUT2D eigenvalue weighted by Crippen LogP contribution is 2.22. The third-order valence-corrected chi connectivity index (χ3v) is 7.57. The van der Waals surface area contributed by atoms with Gasteiger partial charge < -0.3 is 5.32 Å². The first-order valence-electron chi connectivity index (χ1n) is 10.8. The minimum atomic E-state index is -3.36. The fourth-order valence-electron chi connectivity index (χ4n) is 4.06. The Balaban J connectivity index is 1.52. The van der Waals surface area contributed by atoms with Gasteiger partial charge in [0, 0.05) is 25.0 Å². The van der Waals surface area contributed by atoms with E-state index < -0.39 is 10.0 Å². The number of rotatable bonds is 9. The quantitative estimate of drug-likeness (QED) is 0.661. The van der Waals surface area contributed by atoms with Crippen LogP contribution in [-0.4, -0.2) is 37.8 Å². The number of hydrogen-bond acceptors (Lipinski definition) is 3. The average molecular weight is 429 g/mol. The Bertz CT molecular complexity index is 893. The number of carbonyl (C=O) groups is 1. The van der Waals surface area contributed by atoms with E-state index in [4.69, 9.17) is 0 Å². The average Bonchev–Trinajstić information content (AvgIpc) is 2.75. The molecule has 2 aromatic carbocycles. The minimum Gasteiger partial charge on any atom is -0.353 e. The normalized spacial score (nSPS) is 16.8. The largest absolute Gasteiger partial charge is 0.353 e. The van der Waals surface area contributed by atoms with Gasteiger partial charge in [0.15, 0.2) is 0 Å². The van der Waals surface area contributed by atoms with Crippen LogP contribution in [0.15, 0.2) is 60.7 Å². The minimum absolute atomic E-state index is 0.0142. The molecule has 1 saturated heterocycles. The summed E-state index contributed by atoms with van der Waals surface area (Å²) in [4.78, 5) is 12.8. The Kier molecular flexibility index (Phi) is 8.05. The Morgan fingerprint density at radius 2 is 1.57 bits per heavy atom. The van der Waals surface area contributed by atoms with E-state index in [1.807, 2.05) is 48.5 Å². The molecular weight excluding hydrogens is 396 g/mol. The van der Waals surface area contributed by atoms with E-state index >= 15 is 0 Å². The zero-order valence-corrected chi connectivity index (χ0v) is 18.5. The number of benzene rings is 2. The summed E-state index contributed by atoms with van der Waals surface area (Å²) in [5.41, 5.74) is 2.01. The second-order valence-electron chi connectivity index (χ2n) is 8.10. The van der Waals surface area contributed by atoms with Gasteiger partial charge in [0.25, 0.3) is 0 Å². The Morgan fingerprint density at radius 3 is 2.13 bits per heavy atom. The predicted octanol–water partition coefficient (Wildman–Crippen LogP) is 3.76. The lowest BCUT2D eigenvalue weighted by Crippen LogP contribution is -2.46. The van der Waals surface area contributed by atoms with E-state index in [1.54, 1.807) is 0 Å². The maximum Gasteiger partial charge on any atom is 0.223 e. The van der Waals surface area contributed by atoms with Crippen molar-refractivity contribution in [2.24, 2.45) is 5.92 Å². The van der Waals surface area contributed by atoms with Crippen LogP contribution in [0.4, 0.5) is 0 Å². The van der Waals surface area contributed by atoms with Gasteiger partial charge in [-0.3, -0.25) is 4.79 Å². The zero-order chi connectivity index (χ0) is 21.4. The SMILES string of the molecule is CCCC(Cc1ccccc1)NC(=O)C1CCN(S(=O)(=O)Cc2ccccc2)CC1. The Labute approximate surface area is 180 Å². The summed E-state index contributed by atoms with van der Waals surface area (Å²) in [6.45, 7) is 2.94. The first-order valence-corrected chi connectivity index (χ1v) is 12.4. The Hall–Kier alpha value is -2.18. The molecule has 162 valence electrons. The first kappa shape index (κ1) is 22.5. The molecule has 5 nitrogen and oxygen atoms in total. The molecule has 1 aliphatic rings. The van der Waals surface area contributed by atoms with E-state index in [9.17, 15) is 13.2 Å². The number of carbonyl (C=O) groups excluding carboxylic acids is 1. The van der Waals surface area contributed by atoms with Gasteiger partial charge in [-0.05, 0) is 36.8 Å². The van der Waals surface area contributed by atoms with Gasteiger partial charge in [-0.2, -0.15) is 0 Å². The van der Waals surface area contributed by atoms with Crippen molar-refractivity contribution in [3.63, 3.8) is 0 Å². The zero-order valence-electron chi connectivity index (χ0n) is 17.7. The van der Waals surface area contributed by atoms with Crippen LogP contribution in [0, 0.1) is 5.92 Å². The summed E-state index contributed by atoms with van der Waals surface area (Å²) < 4.78 is 27.0. The van der Waals surface area contributed by atoms with Crippen LogP contribution in [0.1, 0.15) is 43.7 Å². The second-order valence-corrected chi connectivity index (χ2v) is 10.1. The topological polar surface area (TPSA) is 66.5 Å². The van der Waals surface area contributed by atoms with Gasteiger partial charge in [-0.25, -0.2) is 12.7 Å². The molecule has 0 spiro atoms. The third-order valence-electron chi connectivity index (χ3n) is 5.72. The van der Waals surface area contributed by atoms with Crippen LogP contribution >= 0.6 is 0 Å². The molecule has 1 fully saturated rings. The highest BCUT2D eigenvalue weighted by molar-refractivity contribution is 7.88. The lowest BCUT2D eigenvalue weighted by molar-refractivity contribution is -0.126. The molecule has 0 saturated carbocycles. The molecule has 3 rings (SSSR count). The summed E-state index contributed by atoms with van der Waals surface area (Å²) in [7, 11) is -3.36. The molecule has 1 amide bonds. The van der Waals surface area contributed by atoms with E-state index in [-0.39, 0.29) is 23.6 Å². The van der Waals surface area contributed by atoms with Crippen molar-refractivity contribution in [1.82, 2.24) is 9.62 Å². The number of sulfonamides is 1. The van der Waals surface area contributed by atoms with Crippen LogP contribution < -0.4 is 5.32 Å². The van der Waals surface area contributed by atoms with Crippen LogP contribution in [0.5, 0.6) is 0 Å². The van der Waals surface area contributed by atoms with E-state index in [0.717, 1.165) is 24.8 Å². The fraction of sp³-hybridized carbons (Fsp3) is 0.458. The molecule has 6 heteroatoms. The third kappa shape index (κ3) is 6.41. The Morgan fingerprint density at radius 1 is 1.00 bits per heavy atom. The van der Waals surface area contributed by atoms with Crippen molar-refractivity contribution in [3.8, 4) is 0 Å². The summed E-state index contributed by atoms with van der Waals surface area (Å²) in [6.07, 6.45) is 3.91. The van der Waals surface area contributed by atoms with E-state index in [0.29, 0.717) is 25.9 Å². The lowest BCUT2D eigenvalue weighted by Gasteiger charge is -2.31. The van der Waals surface area contributed by atoms with Gasteiger partial charge in [-0.15, -0.1) is 0 Å². The molecule has 0 radical (unpaired) electrons. The highest BCUT2D eigenvalue weighted by atomic mass is 32.2. The van der Waals surface area contributed by atoms with E-state index in [1.165, 1.54) is 9.87 Å². The van der Waals surface area contributed by atoms with Gasteiger partial charge >= 0.3 is 0 Å². The number of nitrogens with zero attached hydrogens (tertiary/aromatic N) is 1. The van der Waals surface area contributed by atoms with Crippen molar-refractivity contribution in [1.29, 1.82) is 0 Å². The van der Waals surface area contributed by atoms with Crippen molar-refractivity contribution in [2.75, 3.05) is 13.1 Å². The molecule has 30 heavy (non-hydrogen) atoms. The van der Waals surface area contributed by atoms with E-state index in [2.05, 4.69) is 24.4 Å². The van der Waals surface area contributed by atoms with Crippen LogP contribution in [0.2, 0.25) is 0 Å². The van der Waals surface area contributed by atoms with Crippen LogP contribution in [-0.2, 0) is 27.0 Å². The standard InChI is InChI=1S/C24H32N2O3S/c1-2-9-23(18-20-10-5-3-6-11-20)25-24(27)22-14-16-26(17-15-22)30(28,29)19-21-12-7-4-8-13-21/h3-8,10-13,22-23H,2,9,14-19H2,1H3,(H,25,27). The molecule has 1 aliphatic heterocycles. The van der Waals surface area contributed by atoms with Crippen molar-refractivity contribution in [2.45, 2.75) is 50.8 Å². The molecule has 0 aromatic heterocycles. The smallest absolute Gasteiger partial charge is 0.223 e. The van der Waals surface area contributed by atoms with Crippen LogP contribution in [0.25, 0.3) is 0 Å². The van der Waals surface area contributed by atoms with Gasteiger partial charge in [-0.1, -0.05) is 74.0 Å². The first-order chi connectivity index (χ1) is 14.5. The molecule has 1 unspecified atom stereocenters. The second kappa shape index (κ2) is 10.7. The van der Waals surface area contributed by atoms with Crippen LogP contribution in [0.3, 0.4) is 0 Å². The van der Waals surface area contributed by atoms with Gasteiger partial charge in [0.2, 0.25) is 15.9 Å². The van der Waals surface area contributed by atoms with Gasteiger partial charge in [0.05, 0.1) is 5.75 Å². The molecule has 0 bridgehead atoms. The lowest BCUT2D eigenvalue weighted by atomic mass is 9.95. The van der Waals surface area contributed by atoms with Crippen molar-refractivity contribution < 1.29 is 13.2 Å². The number of amides is 1. The summed E-state index contributed by atoms with van der Waals surface area (Å²) in [6, 6.07) is 19.6. The number of hydrogen-bond donors (Lipinski definition) is 1. The monoisotopic (exact) mass is 428 g/mol. The predicted molar refractivity (Wildman–Crippen MR) is 120 cm³/mol. The molecular formula is C24H32N2O3S. The summed E-state index contributed by atoms with van der Waals surface area (Å²) in [5.74, 6) is -0.0480. The molecule has 0 aliphatic carbocycles. The highest BCUT2D eigenvalue weighted by Gasteiger charge is 2.31. The summed E-state index contributed by atoms with van der Waals surface area (Å²) >= 11 is 0.